The van der Waals surface area contributed by atoms with Crippen molar-refractivity contribution in [3.05, 3.63) is 10.1 Å². The van der Waals surface area contributed by atoms with Gasteiger partial charge >= 0.3 is 0 Å². The SMILES string of the molecule is Nc1nonc1N.O=[N+]([O-])O. The summed E-state index contributed by atoms with van der Waals surface area (Å²) in [5.74, 6) is 0.278. The minimum Gasteiger partial charge on any atom is -0.378 e. The summed E-state index contributed by atoms with van der Waals surface area (Å²) < 4.78 is 4.09. The minimum atomic E-state index is -1.50. The van der Waals surface area contributed by atoms with Crippen molar-refractivity contribution in [2.24, 2.45) is 0 Å². The molecule has 0 saturated heterocycles. The summed E-state index contributed by atoms with van der Waals surface area (Å²) in [7, 11) is 0. The van der Waals surface area contributed by atoms with Gasteiger partial charge in [-0.3, -0.25) is 0 Å². The summed E-state index contributed by atoms with van der Waals surface area (Å²) >= 11 is 0. The van der Waals surface area contributed by atoms with Crippen LogP contribution in [0.5, 0.6) is 0 Å². The lowest BCUT2D eigenvalue weighted by atomic mass is 10.7. The van der Waals surface area contributed by atoms with Gasteiger partial charge in [-0.15, -0.1) is 10.1 Å². The lowest BCUT2D eigenvalue weighted by molar-refractivity contribution is -0.742. The second-order valence-electron chi connectivity index (χ2n) is 1.27. The Balaban J connectivity index is 0.000000218. The van der Waals surface area contributed by atoms with Crippen LogP contribution in [-0.2, 0) is 0 Å². The zero-order valence-corrected chi connectivity index (χ0v) is 5.17. The Hall–Kier alpha value is -2.06. The van der Waals surface area contributed by atoms with E-state index in [0.717, 1.165) is 0 Å². The number of nitrogen functional groups attached to an aromatic ring is 2. The lowest BCUT2D eigenvalue weighted by Gasteiger charge is -1.73. The van der Waals surface area contributed by atoms with Crippen LogP contribution in [0.15, 0.2) is 4.63 Å². The van der Waals surface area contributed by atoms with E-state index in [9.17, 15) is 0 Å². The molecule has 9 nitrogen and oxygen atoms in total. The summed E-state index contributed by atoms with van der Waals surface area (Å²) in [4.78, 5) is 8.36. The second-order valence-corrected chi connectivity index (χ2v) is 1.27. The molecular formula is C2H5N5O4. The predicted molar refractivity (Wildman–Crippen MR) is 31.9 cm³/mol. The first-order valence-electron chi connectivity index (χ1n) is 2.20. The van der Waals surface area contributed by atoms with Crippen LogP contribution in [0, 0.1) is 10.1 Å². The molecule has 1 aromatic heterocycles. The summed E-state index contributed by atoms with van der Waals surface area (Å²) in [5, 5.41) is 20.0. The Bertz CT molecular complexity index is 212. The Morgan fingerprint density at radius 3 is 1.82 bits per heavy atom. The molecule has 0 amide bonds. The fourth-order valence-corrected chi connectivity index (χ4v) is 0.202. The maximum atomic E-state index is 8.36. The van der Waals surface area contributed by atoms with Gasteiger partial charge in [-0.05, 0) is 10.3 Å². The highest BCUT2D eigenvalue weighted by Gasteiger charge is 1.95. The highest BCUT2D eigenvalue weighted by Crippen LogP contribution is 2.02. The number of nitrogens with zero attached hydrogens (tertiary/aromatic N) is 3. The van der Waals surface area contributed by atoms with Crippen molar-refractivity contribution < 1.29 is 14.9 Å². The molecule has 0 aliphatic carbocycles. The molecule has 0 aromatic carbocycles. The number of rotatable bonds is 0. The van der Waals surface area contributed by atoms with Crippen LogP contribution < -0.4 is 11.5 Å². The Labute approximate surface area is 59.7 Å². The van der Waals surface area contributed by atoms with Crippen LogP contribution in [0.2, 0.25) is 0 Å². The average molecular weight is 163 g/mol. The van der Waals surface area contributed by atoms with Crippen LogP contribution in [-0.4, -0.2) is 20.6 Å². The van der Waals surface area contributed by atoms with Crippen LogP contribution in [0.1, 0.15) is 0 Å². The molecule has 5 N–H and O–H groups in total. The smallest absolute Gasteiger partial charge is 0.291 e. The Kier molecular flexibility index (Phi) is 3.15. The van der Waals surface area contributed by atoms with E-state index in [1.54, 1.807) is 0 Å². The fourth-order valence-electron chi connectivity index (χ4n) is 0.202. The van der Waals surface area contributed by atoms with Gasteiger partial charge in [0.15, 0.2) is 0 Å². The average Bonchev–Trinajstić information content (AvgIpc) is 2.15. The number of nitrogens with two attached hydrogens (primary N) is 2. The van der Waals surface area contributed by atoms with Gasteiger partial charge in [0.25, 0.3) is 5.09 Å². The van der Waals surface area contributed by atoms with E-state index in [2.05, 4.69) is 14.9 Å². The van der Waals surface area contributed by atoms with Crippen molar-refractivity contribution in [2.45, 2.75) is 0 Å². The van der Waals surface area contributed by atoms with E-state index < -0.39 is 5.09 Å². The third kappa shape index (κ3) is 4.44. The zero-order chi connectivity index (χ0) is 8.85. The number of hydrogen-bond donors (Lipinski definition) is 3. The molecule has 0 saturated carbocycles. The third-order valence-corrected chi connectivity index (χ3v) is 0.541. The highest BCUT2D eigenvalue weighted by molar-refractivity contribution is 5.49. The van der Waals surface area contributed by atoms with Gasteiger partial charge < -0.3 is 16.7 Å². The Morgan fingerprint density at radius 2 is 1.73 bits per heavy atom. The molecule has 0 unspecified atom stereocenters. The van der Waals surface area contributed by atoms with Crippen LogP contribution >= 0.6 is 0 Å². The van der Waals surface area contributed by atoms with Crippen molar-refractivity contribution in [1.29, 1.82) is 0 Å². The minimum absolute atomic E-state index is 0.139. The van der Waals surface area contributed by atoms with Crippen LogP contribution in [0.3, 0.4) is 0 Å². The van der Waals surface area contributed by atoms with Gasteiger partial charge in [0.2, 0.25) is 11.6 Å². The van der Waals surface area contributed by atoms with E-state index in [1.807, 2.05) is 0 Å². The summed E-state index contributed by atoms with van der Waals surface area (Å²) in [6.07, 6.45) is 0. The normalized spacial score (nSPS) is 8.00. The van der Waals surface area contributed by atoms with Crippen LogP contribution in [0.4, 0.5) is 11.6 Å². The van der Waals surface area contributed by atoms with Crippen molar-refractivity contribution in [3.63, 3.8) is 0 Å². The summed E-state index contributed by atoms with van der Waals surface area (Å²) in [5.41, 5.74) is 10.1. The summed E-state index contributed by atoms with van der Waals surface area (Å²) in [6, 6.07) is 0. The lowest BCUT2D eigenvalue weighted by Crippen LogP contribution is -1.91. The first kappa shape index (κ1) is 8.94. The maximum absolute atomic E-state index is 8.36. The molecular weight excluding hydrogens is 158 g/mol. The van der Waals surface area contributed by atoms with E-state index >= 15 is 0 Å². The van der Waals surface area contributed by atoms with Gasteiger partial charge in [-0.2, -0.15) is 0 Å². The largest absolute Gasteiger partial charge is 0.378 e. The number of hydrogen-bond acceptors (Lipinski definition) is 7. The van der Waals surface area contributed by atoms with E-state index in [1.165, 1.54) is 0 Å². The molecule has 0 radical (unpaired) electrons. The van der Waals surface area contributed by atoms with Gasteiger partial charge in [0, 0.05) is 0 Å². The van der Waals surface area contributed by atoms with Crippen molar-refractivity contribution in [2.75, 3.05) is 11.5 Å². The molecule has 0 atom stereocenters. The molecule has 0 spiro atoms. The van der Waals surface area contributed by atoms with Crippen molar-refractivity contribution in [1.82, 2.24) is 10.3 Å². The highest BCUT2D eigenvalue weighted by atomic mass is 16.9. The molecule has 1 rings (SSSR count). The van der Waals surface area contributed by atoms with Gasteiger partial charge in [0.1, 0.15) is 0 Å². The standard InChI is InChI=1S/C2H4N4O.HNO3/c3-1-2(4)6-7-5-1;2-1(3)4/h(H2,3,5)(H2,4,6);(H,2,3,4). The van der Waals surface area contributed by atoms with Gasteiger partial charge in [-0.1, -0.05) is 0 Å². The number of aromatic nitrogens is 2. The fraction of sp³-hybridized carbons (Fsp3) is 0. The third-order valence-electron chi connectivity index (χ3n) is 0.541. The quantitative estimate of drug-likeness (QED) is 0.321. The maximum Gasteiger partial charge on any atom is 0.291 e. The van der Waals surface area contributed by atoms with E-state index in [4.69, 9.17) is 26.8 Å². The first-order valence-corrected chi connectivity index (χ1v) is 2.20. The van der Waals surface area contributed by atoms with Crippen molar-refractivity contribution >= 4 is 11.6 Å². The first-order chi connectivity index (χ1) is 5.04. The van der Waals surface area contributed by atoms with Gasteiger partial charge in [0.05, 0.1) is 0 Å². The monoisotopic (exact) mass is 163 g/mol. The number of anilines is 2. The topological polar surface area (TPSA) is 154 Å². The summed E-state index contributed by atoms with van der Waals surface area (Å²) in [6.45, 7) is 0. The van der Waals surface area contributed by atoms with Crippen molar-refractivity contribution in [3.8, 4) is 0 Å². The molecule has 62 valence electrons. The van der Waals surface area contributed by atoms with Gasteiger partial charge in [-0.25, -0.2) is 4.63 Å². The Morgan fingerprint density at radius 1 is 1.45 bits per heavy atom. The molecule has 9 heteroatoms. The molecule has 1 heterocycles. The molecule has 0 fully saturated rings. The predicted octanol–water partition coefficient (Wildman–Crippen LogP) is -1.11. The van der Waals surface area contributed by atoms with E-state index in [-0.39, 0.29) is 11.6 Å². The van der Waals surface area contributed by atoms with Crippen LogP contribution in [0.25, 0.3) is 0 Å². The molecule has 0 bridgehead atoms. The van der Waals surface area contributed by atoms with E-state index in [0.29, 0.717) is 0 Å². The second kappa shape index (κ2) is 3.87. The molecule has 1 aromatic rings. The molecule has 0 aliphatic rings. The zero-order valence-electron chi connectivity index (χ0n) is 5.17. The molecule has 0 aliphatic heterocycles. The molecule has 11 heavy (non-hydrogen) atoms.